The van der Waals surface area contributed by atoms with Gasteiger partial charge in [-0.25, -0.2) is 14.1 Å². The van der Waals surface area contributed by atoms with Crippen molar-refractivity contribution in [1.82, 2.24) is 4.90 Å². The van der Waals surface area contributed by atoms with Gasteiger partial charge in [0.1, 0.15) is 18.2 Å². The Kier molecular flexibility index (Phi) is 5.31. The fourth-order valence-electron chi connectivity index (χ4n) is 2.78. The second kappa shape index (κ2) is 7.82. The predicted molar refractivity (Wildman–Crippen MR) is 94.1 cm³/mol. The molecule has 0 saturated carbocycles. The average Bonchev–Trinajstić information content (AvgIpc) is 3.01. The van der Waals surface area contributed by atoms with Crippen LogP contribution in [0, 0.1) is 5.82 Å². The summed E-state index contributed by atoms with van der Waals surface area (Å²) < 4.78 is 23.9. The summed E-state index contributed by atoms with van der Waals surface area (Å²) in [5, 5.41) is 0. The van der Waals surface area contributed by atoms with Crippen LogP contribution in [-0.2, 0) is 16.0 Å². The number of ether oxygens (including phenoxy) is 2. The minimum absolute atomic E-state index is 0.143. The first-order valence-corrected chi connectivity index (χ1v) is 8.14. The smallest absolute Gasteiger partial charge is 0.417 e. The number of carbonyl (C=O) groups is 2. The molecule has 2 amide bonds. The van der Waals surface area contributed by atoms with Crippen LogP contribution in [0.2, 0.25) is 0 Å². The van der Waals surface area contributed by atoms with Gasteiger partial charge in [-0.15, -0.1) is 0 Å². The van der Waals surface area contributed by atoms with Gasteiger partial charge < -0.3 is 9.47 Å². The molecule has 0 spiro atoms. The Labute approximate surface area is 150 Å². The van der Waals surface area contributed by atoms with E-state index in [0.717, 1.165) is 10.5 Å². The molecule has 1 heterocycles. The van der Waals surface area contributed by atoms with Crippen molar-refractivity contribution in [3.05, 3.63) is 71.6 Å². The minimum Gasteiger partial charge on any atom is -0.497 e. The van der Waals surface area contributed by atoms with E-state index in [9.17, 15) is 14.0 Å². The number of hydrogen-bond acceptors (Lipinski definition) is 4. The minimum atomic E-state index is -0.684. The zero-order valence-electron chi connectivity index (χ0n) is 14.2. The number of methoxy groups -OCH3 is 1. The molecule has 0 aliphatic carbocycles. The van der Waals surface area contributed by atoms with Crippen molar-refractivity contribution < 1.29 is 23.5 Å². The highest BCUT2D eigenvalue weighted by Gasteiger charge is 2.36. The summed E-state index contributed by atoms with van der Waals surface area (Å²) in [6.45, 7) is 0.143. The number of halogens is 1. The monoisotopic (exact) mass is 355 g/mol. The van der Waals surface area contributed by atoms with Crippen LogP contribution >= 0.6 is 0 Å². The SMILES string of the molecule is COc1ccc(/C=C/C(=O)N2C(=O)OC[C@@H]2Cc2ccccc2)c(F)c1. The normalized spacial score (nSPS) is 16.8. The van der Waals surface area contributed by atoms with Gasteiger partial charge in [0, 0.05) is 17.7 Å². The third-order valence-electron chi connectivity index (χ3n) is 4.13. The highest BCUT2D eigenvalue weighted by Crippen LogP contribution is 2.20. The van der Waals surface area contributed by atoms with E-state index in [4.69, 9.17) is 9.47 Å². The number of carbonyl (C=O) groups excluding carboxylic acids is 2. The fraction of sp³-hybridized carbons (Fsp3) is 0.200. The molecule has 1 aliphatic heterocycles. The van der Waals surface area contributed by atoms with Gasteiger partial charge in [0.2, 0.25) is 0 Å². The van der Waals surface area contributed by atoms with Crippen molar-refractivity contribution in [2.24, 2.45) is 0 Å². The molecular weight excluding hydrogens is 337 g/mol. The highest BCUT2D eigenvalue weighted by atomic mass is 19.1. The quantitative estimate of drug-likeness (QED) is 0.771. The van der Waals surface area contributed by atoms with Crippen LogP contribution in [0.25, 0.3) is 6.08 Å². The zero-order valence-corrected chi connectivity index (χ0v) is 14.2. The molecule has 6 heteroatoms. The van der Waals surface area contributed by atoms with E-state index in [1.165, 1.54) is 31.4 Å². The largest absolute Gasteiger partial charge is 0.497 e. The number of rotatable bonds is 5. The summed E-state index contributed by atoms with van der Waals surface area (Å²) in [7, 11) is 1.44. The molecule has 26 heavy (non-hydrogen) atoms. The van der Waals surface area contributed by atoms with Gasteiger partial charge in [-0.3, -0.25) is 4.79 Å². The molecule has 1 fully saturated rings. The predicted octanol–water partition coefficient (Wildman–Crippen LogP) is 3.44. The number of imide groups is 1. The number of nitrogens with zero attached hydrogens (tertiary/aromatic N) is 1. The Hall–Kier alpha value is -3.15. The molecule has 0 aromatic heterocycles. The van der Waals surface area contributed by atoms with Crippen molar-refractivity contribution in [2.45, 2.75) is 12.5 Å². The van der Waals surface area contributed by atoms with Gasteiger partial charge in [0.05, 0.1) is 13.2 Å². The van der Waals surface area contributed by atoms with E-state index in [2.05, 4.69) is 0 Å². The summed E-state index contributed by atoms with van der Waals surface area (Å²) >= 11 is 0. The van der Waals surface area contributed by atoms with E-state index in [-0.39, 0.29) is 18.2 Å². The Morgan fingerprint density at radius 1 is 1.31 bits per heavy atom. The molecule has 1 saturated heterocycles. The first kappa shape index (κ1) is 17.7. The van der Waals surface area contributed by atoms with Crippen molar-refractivity contribution >= 4 is 18.1 Å². The molecule has 0 radical (unpaired) electrons. The third-order valence-corrected chi connectivity index (χ3v) is 4.13. The summed E-state index contributed by atoms with van der Waals surface area (Å²) in [5.74, 6) is -0.668. The number of amides is 2. The molecule has 1 atom stereocenters. The lowest BCUT2D eigenvalue weighted by molar-refractivity contribution is -0.124. The molecule has 1 aliphatic rings. The maximum absolute atomic E-state index is 14.0. The average molecular weight is 355 g/mol. The summed E-state index contributed by atoms with van der Waals surface area (Å²) in [4.78, 5) is 25.5. The van der Waals surface area contributed by atoms with E-state index in [1.807, 2.05) is 30.3 Å². The second-order valence-electron chi connectivity index (χ2n) is 5.85. The highest BCUT2D eigenvalue weighted by molar-refractivity contribution is 6.02. The van der Waals surface area contributed by atoms with Crippen LogP contribution in [0.3, 0.4) is 0 Å². The standard InChI is InChI=1S/C20H18FNO4/c1-25-17-9-7-15(18(21)12-17)8-10-19(23)22-16(13-26-20(22)24)11-14-5-3-2-4-6-14/h2-10,12,16H,11,13H2,1H3/b10-8+/t16-/m0/s1. The van der Waals surface area contributed by atoms with Crippen molar-refractivity contribution in [3.8, 4) is 5.75 Å². The van der Waals surface area contributed by atoms with Crippen molar-refractivity contribution in [1.29, 1.82) is 0 Å². The van der Waals surface area contributed by atoms with Gasteiger partial charge in [0.25, 0.3) is 5.91 Å². The first-order valence-electron chi connectivity index (χ1n) is 8.14. The molecule has 134 valence electrons. The Bertz CT molecular complexity index is 835. The van der Waals surface area contributed by atoms with Crippen LogP contribution in [0.4, 0.5) is 9.18 Å². The lowest BCUT2D eigenvalue weighted by atomic mass is 10.1. The zero-order chi connectivity index (χ0) is 18.5. The van der Waals surface area contributed by atoms with Gasteiger partial charge >= 0.3 is 6.09 Å². The maximum atomic E-state index is 14.0. The molecule has 0 N–H and O–H groups in total. The summed E-state index contributed by atoms with van der Waals surface area (Å²) in [5.41, 5.74) is 1.23. The third kappa shape index (κ3) is 3.91. The fourth-order valence-corrected chi connectivity index (χ4v) is 2.78. The lowest BCUT2D eigenvalue weighted by Gasteiger charge is -2.18. The van der Waals surface area contributed by atoms with Gasteiger partial charge in [-0.2, -0.15) is 0 Å². The lowest BCUT2D eigenvalue weighted by Crippen LogP contribution is -2.39. The van der Waals surface area contributed by atoms with Crippen LogP contribution in [-0.4, -0.2) is 36.7 Å². The maximum Gasteiger partial charge on any atom is 0.417 e. The van der Waals surface area contributed by atoms with Gasteiger partial charge in [-0.1, -0.05) is 30.3 Å². The molecule has 2 aromatic carbocycles. The van der Waals surface area contributed by atoms with E-state index in [0.29, 0.717) is 12.2 Å². The molecule has 0 unspecified atom stereocenters. The molecule has 3 rings (SSSR count). The topological polar surface area (TPSA) is 55.8 Å². The number of benzene rings is 2. The van der Waals surface area contributed by atoms with Crippen molar-refractivity contribution in [2.75, 3.05) is 13.7 Å². The number of cyclic esters (lactones) is 1. The molecule has 0 bridgehead atoms. The first-order chi connectivity index (χ1) is 12.6. The van der Waals surface area contributed by atoms with Crippen LogP contribution in [0.1, 0.15) is 11.1 Å². The Morgan fingerprint density at radius 3 is 2.77 bits per heavy atom. The van der Waals surface area contributed by atoms with Gasteiger partial charge in [0.15, 0.2) is 0 Å². The molecular formula is C20H18FNO4. The number of hydrogen-bond donors (Lipinski definition) is 0. The Balaban J connectivity index is 1.73. The van der Waals surface area contributed by atoms with E-state index in [1.54, 1.807) is 6.07 Å². The second-order valence-corrected chi connectivity index (χ2v) is 5.85. The van der Waals surface area contributed by atoms with E-state index >= 15 is 0 Å². The van der Waals surface area contributed by atoms with E-state index < -0.39 is 17.8 Å². The summed E-state index contributed by atoms with van der Waals surface area (Å²) in [6, 6.07) is 13.5. The van der Waals surface area contributed by atoms with Crippen LogP contribution in [0.15, 0.2) is 54.6 Å². The Morgan fingerprint density at radius 2 is 2.08 bits per heavy atom. The van der Waals surface area contributed by atoms with Crippen LogP contribution in [0.5, 0.6) is 5.75 Å². The molecule has 5 nitrogen and oxygen atoms in total. The van der Waals surface area contributed by atoms with Crippen LogP contribution < -0.4 is 4.74 Å². The van der Waals surface area contributed by atoms with Gasteiger partial charge in [-0.05, 0) is 30.2 Å². The summed E-state index contributed by atoms with van der Waals surface area (Å²) in [6.07, 6.45) is 2.33. The molecule has 2 aromatic rings. The van der Waals surface area contributed by atoms with Crippen molar-refractivity contribution in [3.63, 3.8) is 0 Å².